The molecule has 5 atom stereocenters. The van der Waals surface area contributed by atoms with Crippen LogP contribution in [0.5, 0.6) is 0 Å². The fourth-order valence-corrected chi connectivity index (χ4v) is 5.27. The Morgan fingerprint density at radius 2 is 1.79 bits per heavy atom. The number of epoxide rings is 1. The number of carbonyl (C=O) groups excluding carboxylic acids is 2. The Kier molecular flexibility index (Phi) is 9.15. The van der Waals surface area contributed by atoms with Crippen molar-refractivity contribution >= 4 is 12.0 Å². The summed E-state index contributed by atoms with van der Waals surface area (Å²) < 4.78 is 23.7. The third kappa shape index (κ3) is 6.91. The summed E-state index contributed by atoms with van der Waals surface area (Å²) in [5.41, 5.74) is 6.33. The molecule has 2 amide bonds. The largest absolute Gasteiger partial charge is 0.443 e. The average molecular weight is 468 g/mol. The van der Waals surface area contributed by atoms with Gasteiger partial charge in [0, 0.05) is 25.1 Å². The van der Waals surface area contributed by atoms with Gasteiger partial charge < -0.3 is 35.3 Å². The summed E-state index contributed by atoms with van der Waals surface area (Å²) in [5, 5.41) is 5.92. The molecule has 3 aliphatic rings. The van der Waals surface area contributed by atoms with Gasteiger partial charge >= 0.3 is 6.09 Å². The van der Waals surface area contributed by atoms with Crippen molar-refractivity contribution in [1.82, 2.24) is 10.6 Å². The summed E-state index contributed by atoms with van der Waals surface area (Å²) in [7, 11) is 1.66. The molecule has 3 fully saturated rings. The third-order valence-electron chi connectivity index (χ3n) is 7.18. The number of hydrogen-bond acceptors (Lipinski definition) is 7. The first kappa shape index (κ1) is 25.9. The van der Waals surface area contributed by atoms with E-state index in [0.29, 0.717) is 19.6 Å². The second-order valence-corrected chi connectivity index (χ2v) is 9.85. The van der Waals surface area contributed by atoms with Crippen molar-refractivity contribution in [2.75, 3.05) is 26.9 Å². The van der Waals surface area contributed by atoms with Crippen LogP contribution in [0, 0.1) is 5.92 Å². The van der Waals surface area contributed by atoms with E-state index in [1.165, 1.54) is 5.57 Å². The van der Waals surface area contributed by atoms with Gasteiger partial charge in [-0.1, -0.05) is 11.6 Å². The molecule has 4 N–H and O–H groups in total. The molecule has 9 heteroatoms. The zero-order valence-corrected chi connectivity index (χ0v) is 20.4. The van der Waals surface area contributed by atoms with Gasteiger partial charge in [-0.05, 0) is 59.3 Å². The molecule has 0 aromatic heterocycles. The van der Waals surface area contributed by atoms with Gasteiger partial charge in [0.05, 0.1) is 31.5 Å². The molecule has 0 aromatic carbocycles. The molecular weight excluding hydrogens is 426 g/mol. The number of rotatable bonds is 9. The van der Waals surface area contributed by atoms with Crippen molar-refractivity contribution in [3.8, 4) is 0 Å². The molecule has 33 heavy (non-hydrogen) atoms. The molecule has 3 rings (SSSR count). The van der Waals surface area contributed by atoms with Crippen LogP contribution in [0.15, 0.2) is 11.6 Å². The van der Waals surface area contributed by atoms with Gasteiger partial charge in [-0.3, -0.25) is 4.79 Å². The predicted octanol–water partition coefficient (Wildman–Crippen LogP) is 2.03. The molecule has 1 spiro atoms. The summed E-state index contributed by atoms with van der Waals surface area (Å²) in [6, 6.07) is 0.156. The molecule has 0 radical (unpaired) electrons. The number of methoxy groups -OCH3 is 1. The van der Waals surface area contributed by atoms with E-state index in [9.17, 15) is 9.59 Å². The van der Waals surface area contributed by atoms with Gasteiger partial charge in [-0.25, -0.2) is 4.79 Å². The van der Waals surface area contributed by atoms with E-state index in [-0.39, 0.29) is 54.4 Å². The van der Waals surface area contributed by atoms with E-state index < -0.39 is 6.09 Å². The number of allylic oxidation sites excluding steroid dienone is 1. The zero-order valence-electron chi connectivity index (χ0n) is 20.4. The highest BCUT2D eigenvalue weighted by atomic mass is 16.6. The van der Waals surface area contributed by atoms with Crippen LogP contribution in [0.25, 0.3) is 0 Å². The Morgan fingerprint density at radius 3 is 2.33 bits per heavy atom. The van der Waals surface area contributed by atoms with Crippen molar-refractivity contribution in [1.29, 1.82) is 0 Å². The predicted molar refractivity (Wildman–Crippen MR) is 124 cm³/mol. The second kappa shape index (κ2) is 11.6. The smallest absolute Gasteiger partial charge is 0.407 e. The summed E-state index contributed by atoms with van der Waals surface area (Å²) in [4.78, 5) is 24.2. The number of ether oxygens (including phenoxy) is 4. The highest BCUT2D eigenvalue weighted by Gasteiger charge is 2.61. The summed E-state index contributed by atoms with van der Waals surface area (Å²) in [5.74, 6) is -0.152. The van der Waals surface area contributed by atoms with E-state index >= 15 is 0 Å². The number of hydrogen-bond donors (Lipinski definition) is 3. The average Bonchev–Trinajstić information content (AvgIpc) is 3.55. The maximum absolute atomic E-state index is 12.7. The normalized spacial score (nSPS) is 34.3. The van der Waals surface area contributed by atoms with Crippen molar-refractivity contribution in [2.24, 2.45) is 11.7 Å². The summed E-state index contributed by atoms with van der Waals surface area (Å²) >= 11 is 0. The molecule has 188 valence electrons. The summed E-state index contributed by atoms with van der Waals surface area (Å²) in [6.07, 6.45) is 5.60. The molecule has 1 aliphatic heterocycles. The minimum Gasteiger partial charge on any atom is -0.443 e. The Bertz CT molecular complexity index is 698. The van der Waals surface area contributed by atoms with Crippen LogP contribution < -0.4 is 16.4 Å². The van der Waals surface area contributed by atoms with Crippen LogP contribution in [0.3, 0.4) is 0 Å². The van der Waals surface area contributed by atoms with Gasteiger partial charge in [0.2, 0.25) is 5.91 Å². The van der Waals surface area contributed by atoms with Crippen LogP contribution in [0.1, 0.15) is 59.3 Å². The Morgan fingerprint density at radius 1 is 1.15 bits per heavy atom. The molecule has 9 nitrogen and oxygen atoms in total. The number of amides is 2. The fraction of sp³-hybridized carbons (Fsp3) is 0.833. The number of carbonyl (C=O) groups is 2. The molecule has 0 bridgehead atoms. The van der Waals surface area contributed by atoms with Gasteiger partial charge in [0.15, 0.2) is 0 Å². The van der Waals surface area contributed by atoms with E-state index in [2.05, 4.69) is 16.7 Å². The Labute approximate surface area is 197 Å². The number of nitrogens with two attached hydrogens (primary N) is 1. The van der Waals surface area contributed by atoms with Crippen LogP contribution in [-0.4, -0.2) is 74.9 Å². The number of alkyl carbamates (subject to hydrolysis) is 1. The van der Waals surface area contributed by atoms with Crippen molar-refractivity contribution in [3.05, 3.63) is 11.6 Å². The van der Waals surface area contributed by atoms with Gasteiger partial charge in [0.1, 0.15) is 12.2 Å². The Hall–Kier alpha value is -1.68. The quantitative estimate of drug-likeness (QED) is 0.350. The molecule has 1 heterocycles. The molecule has 2 saturated carbocycles. The second-order valence-electron chi connectivity index (χ2n) is 9.85. The highest BCUT2D eigenvalue weighted by molar-refractivity contribution is 5.78. The van der Waals surface area contributed by atoms with Crippen molar-refractivity contribution in [2.45, 2.75) is 95.3 Å². The van der Waals surface area contributed by atoms with Gasteiger partial charge in [0.25, 0.3) is 0 Å². The van der Waals surface area contributed by atoms with Gasteiger partial charge in [-0.15, -0.1) is 0 Å². The molecule has 0 aromatic rings. The van der Waals surface area contributed by atoms with Crippen LogP contribution >= 0.6 is 0 Å². The monoisotopic (exact) mass is 467 g/mol. The minimum atomic E-state index is -0.416. The Balaban J connectivity index is 1.52. The molecule has 2 aliphatic carbocycles. The van der Waals surface area contributed by atoms with Crippen LogP contribution in [0.2, 0.25) is 0 Å². The van der Waals surface area contributed by atoms with Crippen molar-refractivity contribution in [3.63, 3.8) is 0 Å². The lowest BCUT2D eigenvalue weighted by molar-refractivity contribution is -0.138. The van der Waals surface area contributed by atoms with E-state index in [1.54, 1.807) is 7.11 Å². The molecule has 3 unspecified atom stereocenters. The summed E-state index contributed by atoms with van der Waals surface area (Å²) in [6.45, 7) is 7.36. The fourth-order valence-electron chi connectivity index (χ4n) is 5.27. The standard InChI is InChI=1S/C24H41N3O6/c1-15(2)10-12-31-16(3)21-22(30-4)19(9-11-24(21)14-32-24)33-23(29)27-18-7-5-17(6-8-18)26-20(28)13-25/h10,16-19,21-22H,5-9,11-14,25H2,1-4H3,(H,26,28)(H,27,29)/t16-,17?,18?,19?,21?,22?,24-/m0/s1. The van der Waals surface area contributed by atoms with Crippen molar-refractivity contribution < 1.29 is 28.5 Å². The van der Waals surface area contributed by atoms with Gasteiger partial charge in [-0.2, -0.15) is 0 Å². The maximum Gasteiger partial charge on any atom is 0.407 e. The van der Waals surface area contributed by atoms with Crippen LogP contribution in [0.4, 0.5) is 4.79 Å². The van der Waals surface area contributed by atoms with E-state index in [0.717, 1.165) is 32.1 Å². The van der Waals surface area contributed by atoms with E-state index in [1.807, 2.05) is 20.8 Å². The minimum absolute atomic E-state index is 0.00151. The lowest BCUT2D eigenvalue weighted by Crippen LogP contribution is -2.55. The maximum atomic E-state index is 12.7. The molecule has 1 saturated heterocycles. The van der Waals surface area contributed by atoms with Crippen LogP contribution in [-0.2, 0) is 23.7 Å². The first-order chi connectivity index (χ1) is 15.8. The lowest BCUT2D eigenvalue weighted by Gasteiger charge is -2.43. The highest BCUT2D eigenvalue weighted by Crippen LogP contribution is 2.49. The third-order valence-corrected chi connectivity index (χ3v) is 7.18. The zero-order chi connectivity index (χ0) is 24.0. The molecular formula is C24H41N3O6. The first-order valence-corrected chi connectivity index (χ1v) is 12.2. The number of nitrogens with one attached hydrogen (secondary N) is 2. The van der Waals surface area contributed by atoms with E-state index in [4.69, 9.17) is 24.7 Å². The lowest BCUT2D eigenvalue weighted by atomic mass is 9.73. The first-order valence-electron chi connectivity index (χ1n) is 12.2. The SMILES string of the molecule is COC1C(OC(=O)NC2CCC(NC(=O)CN)CC2)CC[C@]2(CO2)C1[C@H](C)OCC=C(C)C. The topological polar surface area (TPSA) is 124 Å².